The molecule has 0 bridgehead atoms. The molecule has 3 rings (SSSR count). The van der Waals surface area contributed by atoms with Gasteiger partial charge in [0.2, 0.25) is 6.10 Å². The number of nitrogens with zero attached hydrogens (tertiary/aromatic N) is 2. The van der Waals surface area contributed by atoms with Crippen LogP contribution in [0.1, 0.15) is 44.1 Å². The molecular weight excluding hydrogens is 404 g/mol. The summed E-state index contributed by atoms with van der Waals surface area (Å²) in [6, 6.07) is 9.61. The lowest BCUT2D eigenvalue weighted by Crippen LogP contribution is -2.40. The monoisotopic (exact) mass is 428 g/mol. The molecule has 1 unspecified atom stereocenters. The van der Waals surface area contributed by atoms with Gasteiger partial charge in [0.15, 0.2) is 5.82 Å². The molecule has 1 aliphatic heterocycles. The normalized spacial score (nSPS) is 16.0. The molecule has 0 saturated carbocycles. The second kappa shape index (κ2) is 8.99. The predicted molar refractivity (Wildman–Crippen MR) is 109 cm³/mol. The van der Waals surface area contributed by atoms with E-state index in [1.165, 1.54) is 0 Å². The minimum atomic E-state index is -1.19. The number of carbonyl (C=O) groups excluding carboxylic acids is 4. The number of amides is 4. The number of carbonyl (C=O) groups is 4. The van der Waals surface area contributed by atoms with Crippen LogP contribution >= 0.6 is 0 Å². The van der Waals surface area contributed by atoms with E-state index >= 15 is 0 Å². The fourth-order valence-electron chi connectivity index (χ4n) is 3.11. The van der Waals surface area contributed by atoms with Crippen LogP contribution in [0.5, 0.6) is 0 Å². The molecule has 4 amide bonds. The first-order chi connectivity index (χ1) is 14.7. The highest BCUT2D eigenvalue weighted by Crippen LogP contribution is 2.22. The van der Waals surface area contributed by atoms with E-state index < -0.39 is 29.6 Å². The molecule has 0 aliphatic carbocycles. The lowest BCUT2D eigenvalue weighted by Gasteiger charge is -2.18. The molecule has 10 nitrogen and oxygen atoms in total. The third kappa shape index (κ3) is 5.27. The van der Waals surface area contributed by atoms with Crippen molar-refractivity contribution in [3.8, 4) is 0 Å². The molecule has 10 heteroatoms. The second-order valence-electron chi connectivity index (χ2n) is 7.71. The van der Waals surface area contributed by atoms with Crippen LogP contribution in [0.4, 0.5) is 10.6 Å². The van der Waals surface area contributed by atoms with Gasteiger partial charge < -0.3 is 19.9 Å². The maximum absolute atomic E-state index is 12.7. The van der Waals surface area contributed by atoms with Crippen LogP contribution in [0.2, 0.25) is 0 Å². The van der Waals surface area contributed by atoms with Crippen LogP contribution in [0.3, 0.4) is 0 Å². The van der Waals surface area contributed by atoms with E-state index in [9.17, 15) is 19.2 Å². The van der Waals surface area contributed by atoms with Gasteiger partial charge in [0.05, 0.1) is 0 Å². The second-order valence-corrected chi connectivity index (χ2v) is 7.71. The van der Waals surface area contributed by atoms with Gasteiger partial charge in [0, 0.05) is 24.6 Å². The van der Waals surface area contributed by atoms with Gasteiger partial charge in [-0.25, -0.2) is 4.79 Å². The lowest BCUT2D eigenvalue weighted by atomic mass is 10.1. The molecule has 1 atom stereocenters. The predicted octanol–water partition coefficient (Wildman–Crippen LogP) is 2.32. The first kappa shape index (κ1) is 22.0. The zero-order valence-corrected chi connectivity index (χ0v) is 17.5. The van der Waals surface area contributed by atoms with E-state index in [0.29, 0.717) is 11.3 Å². The quantitative estimate of drug-likeness (QED) is 0.487. The number of hydrogen-bond acceptors (Lipinski definition) is 7. The van der Waals surface area contributed by atoms with E-state index in [1.54, 1.807) is 57.2 Å². The van der Waals surface area contributed by atoms with Crippen LogP contribution in [0, 0.1) is 6.92 Å². The average Bonchev–Trinajstić information content (AvgIpc) is 3.21. The van der Waals surface area contributed by atoms with Gasteiger partial charge >= 0.3 is 12.0 Å². The Hall–Kier alpha value is -3.69. The summed E-state index contributed by atoms with van der Waals surface area (Å²) < 4.78 is 10.4. The maximum Gasteiger partial charge on any atom is 0.325 e. The fourth-order valence-corrected chi connectivity index (χ4v) is 3.11. The SMILES string of the molecule is Cc1cc(NC(=O)C(OC(=O)CCCN2C(=O)NC(C)(C)C2=O)c2ccccc2)no1. The lowest BCUT2D eigenvalue weighted by molar-refractivity contribution is -0.155. The smallest absolute Gasteiger partial charge is 0.325 e. The molecule has 0 spiro atoms. The first-order valence-electron chi connectivity index (χ1n) is 9.80. The van der Waals surface area contributed by atoms with Gasteiger partial charge in [-0.2, -0.15) is 0 Å². The number of nitrogens with one attached hydrogen (secondary N) is 2. The van der Waals surface area contributed by atoms with Crippen molar-refractivity contribution in [1.82, 2.24) is 15.4 Å². The maximum atomic E-state index is 12.7. The number of hydrogen-bond donors (Lipinski definition) is 2. The minimum absolute atomic E-state index is 0.0723. The Morgan fingerprint density at radius 1 is 1.26 bits per heavy atom. The Morgan fingerprint density at radius 2 is 1.97 bits per heavy atom. The minimum Gasteiger partial charge on any atom is -0.447 e. The highest BCUT2D eigenvalue weighted by atomic mass is 16.5. The number of urea groups is 1. The van der Waals surface area contributed by atoms with E-state index in [2.05, 4.69) is 15.8 Å². The molecule has 1 fully saturated rings. The summed E-state index contributed by atoms with van der Waals surface area (Å²) >= 11 is 0. The Bertz CT molecular complexity index is 985. The largest absolute Gasteiger partial charge is 0.447 e. The van der Waals surface area contributed by atoms with Crippen molar-refractivity contribution >= 4 is 29.6 Å². The van der Waals surface area contributed by atoms with Crippen molar-refractivity contribution in [1.29, 1.82) is 0 Å². The topological polar surface area (TPSA) is 131 Å². The Labute approximate surface area is 178 Å². The standard InChI is InChI=1S/C21H24N4O6/c1-13-12-15(24-31-13)22-18(27)17(14-8-5-4-6-9-14)30-16(26)10-7-11-25-19(28)21(2,3)23-20(25)29/h4-6,8-9,12,17H,7,10-11H2,1-3H3,(H,23,29)(H,22,24,27). The molecule has 2 N–H and O–H groups in total. The number of aryl methyl sites for hydroxylation is 1. The molecule has 2 heterocycles. The third-order valence-corrected chi connectivity index (χ3v) is 4.68. The van der Waals surface area contributed by atoms with Crippen molar-refractivity contribution in [3.05, 3.63) is 47.7 Å². The molecule has 1 aromatic carbocycles. The molecule has 0 radical (unpaired) electrons. The summed E-state index contributed by atoms with van der Waals surface area (Å²) in [4.78, 5) is 50.3. The summed E-state index contributed by atoms with van der Waals surface area (Å²) in [5.41, 5.74) is -0.475. The Kier molecular flexibility index (Phi) is 6.38. The van der Waals surface area contributed by atoms with Crippen LogP contribution in [0.25, 0.3) is 0 Å². The van der Waals surface area contributed by atoms with Gasteiger partial charge in [-0.3, -0.25) is 19.3 Å². The summed E-state index contributed by atoms with van der Waals surface area (Å²) in [6.45, 7) is 4.98. The van der Waals surface area contributed by atoms with E-state index in [1.807, 2.05) is 0 Å². The number of rotatable bonds is 8. The molecular formula is C21H24N4O6. The average molecular weight is 428 g/mol. The van der Waals surface area contributed by atoms with E-state index in [-0.39, 0.29) is 31.1 Å². The van der Waals surface area contributed by atoms with Gasteiger partial charge in [0.25, 0.3) is 11.8 Å². The van der Waals surface area contributed by atoms with Crippen LogP contribution in [-0.2, 0) is 19.1 Å². The van der Waals surface area contributed by atoms with Gasteiger partial charge in [-0.05, 0) is 27.2 Å². The zero-order chi connectivity index (χ0) is 22.6. The number of imide groups is 1. The number of benzene rings is 1. The van der Waals surface area contributed by atoms with Gasteiger partial charge in [0.1, 0.15) is 11.3 Å². The first-order valence-corrected chi connectivity index (χ1v) is 9.80. The molecule has 2 aromatic rings. The van der Waals surface area contributed by atoms with Gasteiger partial charge in [-0.1, -0.05) is 35.5 Å². The van der Waals surface area contributed by atoms with E-state index in [0.717, 1.165) is 4.90 Å². The summed E-state index contributed by atoms with van der Waals surface area (Å²) in [6.07, 6.45) is -1.06. The summed E-state index contributed by atoms with van der Waals surface area (Å²) in [5, 5.41) is 8.85. The van der Waals surface area contributed by atoms with Crippen molar-refractivity contribution in [3.63, 3.8) is 0 Å². The van der Waals surface area contributed by atoms with Crippen molar-refractivity contribution < 1.29 is 28.4 Å². The van der Waals surface area contributed by atoms with E-state index in [4.69, 9.17) is 9.26 Å². The Balaban J connectivity index is 1.60. The van der Waals surface area contributed by atoms with Crippen LogP contribution in [-0.4, -0.2) is 46.0 Å². The number of ether oxygens (including phenoxy) is 1. The van der Waals surface area contributed by atoms with Crippen molar-refractivity contribution in [2.24, 2.45) is 0 Å². The van der Waals surface area contributed by atoms with Crippen LogP contribution in [0.15, 0.2) is 40.9 Å². The molecule has 1 saturated heterocycles. The summed E-state index contributed by atoms with van der Waals surface area (Å²) in [7, 11) is 0. The summed E-state index contributed by atoms with van der Waals surface area (Å²) in [5.74, 6) is -0.835. The third-order valence-electron chi connectivity index (χ3n) is 4.68. The molecule has 1 aliphatic rings. The molecule has 164 valence electrons. The number of aromatic nitrogens is 1. The highest BCUT2D eigenvalue weighted by molar-refractivity contribution is 6.06. The van der Waals surface area contributed by atoms with Crippen molar-refractivity contribution in [2.75, 3.05) is 11.9 Å². The van der Waals surface area contributed by atoms with Gasteiger partial charge in [-0.15, -0.1) is 0 Å². The zero-order valence-electron chi connectivity index (χ0n) is 17.5. The molecule has 1 aromatic heterocycles. The number of esters is 1. The van der Waals surface area contributed by atoms with Crippen molar-refractivity contribution in [2.45, 2.75) is 45.3 Å². The van der Waals surface area contributed by atoms with Crippen LogP contribution < -0.4 is 10.6 Å². The number of anilines is 1. The molecule has 31 heavy (non-hydrogen) atoms. The fraction of sp³-hybridized carbons (Fsp3) is 0.381. The highest BCUT2D eigenvalue weighted by Gasteiger charge is 2.43. The Morgan fingerprint density at radius 3 is 2.55 bits per heavy atom.